The number of rotatable bonds is 28. The molecule has 10 rings (SSSR count). The van der Waals surface area contributed by atoms with E-state index in [-0.39, 0.29) is 43.3 Å². The molecule has 0 atom stereocenters. The van der Waals surface area contributed by atoms with Crippen molar-refractivity contribution in [3.63, 3.8) is 0 Å². The van der Waals surface area contributed by atoms with Crippen molar-refractivity contribution in [2.75, 3.05) is 76.5 Å². The van der Waals surface area contributed by atoms with Gasteiger partial charge >= 0.3 is 0 Å². The van der Waals surface area contributed by atoms with Crippen molar-refractivity contribution in [3.05, 3.63) is 124 Å². The number of aliphatic hydroxyl groups is 1. The summed E-state index contributed by atoms with van der Waals surface area (Å²) in [4.78, 5) is 41.5. The molecule has 0 spiro atoms. The Morgan fingerprint density at radius 1 is 0.531 bits per heavy atom. The Morgan fingerprint density at radius 3 is 1.17 bits per heavy atom. The van der Waals surface area contributed by atoms with Gasteiger partial charge in [0, 0.05) is 110 Å². The molecule has 1 aliphatic rings. The number of carbonyl (C=O) groups is 1. The summed E-state index contributed by atoms with van der Waals surface area (Å²) in [6.45, 7) is 33.3. The molecule has 28 heteroatoms. The molecular weight excluding hydrogens is 1360 g/mol. The summed E-state index contributed by atoms with van der Waals surface area (Å²) in [6, 6.07) is 23.6. The number of nitriles is 3. The van der Waals surface area contributed by atoms with Crippen molar-refractivity contribution in [2.45, 2.75) is 133 Å². The number of carbonyl (C=O) groups excluding carboxylic acids is 1. The molecule has 19 nitrogen and oxygen atoms in total. The van der Waals surface area contributed by atoms with E-state index in [0.29, 0.717) is 120 Å². The number of hydrogen-bond acceptors (Lipinski definition) is 19. The molecule has 1 N–H and O–H groups in total. The largest absolute Gasteiger partial charge is 0.396 e. The average molecular weight is 1440 g/mol. The zero-order valence-electron chi connectivity index (χ0n) is 57.9. The molecule has 6 aromatic heterocycles. The van der Waals surface area contributed by atoms with E-state index in [9.17, 15) is 38.9 Å². The summed E-state index contributed by atoms with van der Waals surface area (Å²) in [7, 11) is -3.64. The standard InChI is InChI=1S/C26H34FN5O2SSi.C22H27FN4O2SSi.C22H25FN4O2SSi/c1-19-15-21(27)5-6-22(19)24-23-20(16-28)17-32(18-34-12-14-36(2,3)4)25(23)30-26(29-24)35-13-9-31-7-10-33-11-8-31;2*1-15-11-17(23)5-6-18(15)20-19-16(12-24)13-27(14-29-8-10-31(2,3)4)21(19)26-22(25-20)30-9-7-28/h5-6,15,17H,7-14,18H2,1-4H3;5-6,11,13,28H,7-10,14H2,1-4H3;5-7,11,13H,8-10,14H2,1-4H3. The Bertz CT molecular complexity index is 4400. The highest BCUT2D eigenvalue weighted by Gasteiger charge is 2.25. The number of fused-ring (bicyclic) bond motifs is 3. The molecule has 9 aromatic rings. The highest BCUT2D eigenvalue weighted by atomic mass is 32.2. The predicted octanol–water partition coefficient (Wildman–Crippen LogP) is 15.0. The zero-order chi connectivity index (χ0) is 70.9. The number of aliphatic hydroxyl groups excluding tert-OH is 1. The van der Waals surface area contributed by atoms with Crippen LogP contribution in [0.3, 0.4) is 0 Å². The second kappa shape index (κ2) is 35.3. The number of benzene rings is 3. The average Bonchev–Trinajstić information content (AvgIpc) is 1.47. The maximum Gasteiger partial charge on any atom is 0.190 e. The minimum atomic E-state index is -1.22. The van der Waals surface area contributed by atoms with Crippen LogP contribution in [0.2, 0.25) is 77.1 Å². The molecule has 3 aromatic carbocycles. The van der Waals surface area contributed by atoms with Crippen molar-refractivity contribution in [1.29, 1.82) is 15.8 Å². The minimum absolute atomic E-state index is 0.00122. The van der Waals surface area contributed by atoms with E-state index in [2.05, 4.69) is 102 Å². The van der Waals surface area contributed by atoms with Crippen LogP contribution in [-0.2, 0) is 43.9 Å². The lowest BCUT2D eigenvalue weighted by Gasteiger charge is -2.26. The maximum atomic E-state index is 13.9. The molecule has 1 fully saturated rings. The number of thioether (sulfide) groups is 3. The van der Waals surface area contributed by atoms with Crippen molar-refractivity contribution in [3.8, 4) is 52.0 Å². The smallest absolute Gasteiger partial charge is 0.190 e. The lowest BCUT2D eigenvalue weighted by atomic mass is 10.0. The van der Waals surface area contributed by atoms with Crippen LogP contribution in [0.4, 0.5) is 13.2 Å². The third-order valence-electron chi connectivity index (χ3n) is 15.8. The number of morpholine rings is 1. The lowest BCUT2D eigenvalue weighted by molar-refractivity contribution is -0.105. The monoisotopic (exact) mass is 1440 g/mol. The first kappa shape index (κ1) is 76.7. The molecule has 0 unspecified atom stereocenters. The van der Waals surface area contributed by atoms with Gasteiger partial charge in [-0.2, -0.15) is 15.8 Å². The lowest BCUT2D eigenvalue weighted by Crippen LogP contribution is -2.37. The zero-order valence-corrected chi connectivity index (χ0v) is 63.3. The molecule has 0 bridgehead atoms. The fourth-order valence-electron chi connectivity index (χ4n) is 10.5. The summed E-state index contributed by atoms with van der Waals surface area (Å²) in [5.41, 5.74) is 9.43. The topological polar surface area (TPSA) is 241 Å². The number of nitrogens with zero attached hydrogens (tertiary/aromatic N) is 13. The van der Waals surface area contributed by atoms with Gasteiger partial charge in [0.1, 0.15) is 79.1 Å². The van der Waals surface area contributed by atoms with Crippen LogP contribution in [0.15, 0.2) is 88.7 Å². The number of hydrogen-bond donors (Lipinski definition) is 1. The summed E-state index contributed by atoms with van der Waals surface area (Å²) in [5, 5.41) is 42.1. The number of aryl methyl sites for hydroxylation is 3. The van der Waals surface area contributed by atoms with E-state index < -0.39 is 24.2 Å². The predicted molar refractivity (Wildman–Crippen MR) is 392 cm³/mol. The van der Waals surface area contributed by atoms with Gasteiger partial charge in [-0.3, -0.25) is 4.90 Å². The first-order valence-corrected chi connectivity index (χ1v) is 46.5. The molecule has 0 amide bonds. The van der Waals surface area contributed by atoms with Gasteiger partial charge in [-0.25, -0.2) is 43.1 Å². The molecule has 1 aliphatic heterocycles. The Balaban J connectivity index is 0.000000188. The minimum Gasteiger partial charge on any atom is -0.396 e. The quantitative estimate of drug-likeness (QED) is 0.0158. The fourth-order valence-corrected chi connectivity index (χ4v) is 14.7. The van der Waals surface area contributed by atoms with Crippen LogP contribution in [0.5, 0.6) is 0 Å². The van der Waals surface area contributed by atoms with Crippen molar-refractivity contribution >= 4 is 98.9 Å². The van der Waals surface area contributed by atoms with Gasteiger partial charge in [-0.05, 0) is 110 Å². The van der Waals surface area contributed by atoms with Crippen LogP contribution < -0.4 is 0 Å². The number of aromatic nitrogens is 9. The van der Waals surface area contributed by atoms with Crippen molar-refractivity contribution in [2.24, 2.45) is 0 Å². The summed E-state index contributed by atoms with van der Waals surface area (Å²) >= 11 is 4.14. The van der Waals surface area contributed by atoms with E-state index in [1.165, 1.54) is 59.9 Å². The third-order valence-corrected chi connectivity index (χ3v) is 23.3. The highest BCUT2D eigenvalue weighted by molar-refractivity contribution is 7.99. The normalized spacial score (nSPS) is 12.9. The van der Waals surface area contributed by atoms with E-state index in [1.807, 2.05) is 23.0 Å². The van der Waals surface area contributed by atoms with Crippen LogP contribution in [0.25, 0.3) is 66.9 Å². The number of ether oxygens (including phenoxy) is 4. The van der Waals surface area contributed by atoms with Crippen molar-refractivity contribution < 1.29 is 42.0 Å². The van der Waals surface area contributed by atoms with Crippen LogP contribution in [0, 0.1) is 72.2 Å². The molecular formula is C70H86F3N13O6S3Si3. The van der Waals surface area contributed by atoms with E-state index in [0.717, 1.165) is 90.8 Å². The first-order chi connectivity index (χ1) is 46.7. The molecule has 7 heterocycles. The summed E-state index contributed by atoms with van der Waals surface area (Å²) < 4.78 is 70.0. The van der Waals surface area contributed by atoms with Gasteiger partial charge < -0.3 is 42.5 Å². The van der Waals surface area contributed by atoms with E-state index >= 15 is 0 Å². The van der Waals surface area contributed by atoms with Crippen LogP contribution in [-0.4, -0.2) is 161 Å². The number of halogens is 3. The van der Waals surface area contributed by atoms with Gasteiger partial charge in [0.25, 0.3) is 0 Å². The van der Waals surface area contributed by atoms with Gasteiger partial charge in [-0.1, -0.05) is 94.2 Å². The van der Waals surface area contributed by atoms with Gasteiger partial charge in [0.15, 0.2) is 15.5 Å². The molecule has 1 saturated heterocycles. The Labute approximate surface area is 587 Å². The van der Waals surface area contributed by atoms with Gasteiger partial charge in [0.2, 0.25) is 0 Å². The fraction of sp³-hybridized carbons (Fsp3) is 0.429. The molecule has 0 aliphatic carbocycles. The Kier molecular flexibility index (Phi) is 27.6. The van der Waals surface area contributed by atoms with Gasteiger partial charge in [0.05, 0.1) is 75.5 Å². The second-order valence-electron chi connectivity index (χ2n) is 27.3. The Morgan fingerprint density at radius 2 is 0.867 bits per heavy atom. The molecule has 0 radical (unpaired) electrons. The Hall–Kier alpha value is -7.09. The van der Waals surface area contributed by atoms with Crippen molar-refractivity contribution in [1.82, 2.24) is 48.5 Å². The third kappa shape index (κ3) is 21.2. The molecule has 98 heavy (non-hydrogen) atoms. The molecule has 518 valence electrons. The second-order valence-corrected chi connectivity index (χ2v) is 47.3. The summed E-state index contributed by atoms with van der Waals surface area (Å²) in [5.74, 6) is 0.547. The summed E-state index contributed by atoms with van der Waals surface area (Å²) in [6.07, 6.45) is 6.03. The van der Waals surface area contributed by atoms with E-state index in [1.54, 1.807) is 60.0 Å². The SMILES string of the molecule is Cc1cc(F)ccc1-c1nc(SCC=O)nc2c1c(C#N)cn2COCC[Si](C)(C)C.Cc1cc(F)ccc1-c1nc(SCCN2CCOCC2)nc2c1c(C#N)cn2COCC[Si](C)(C)C.Cc1cc(F)ccc1-c1nc(SCCO)nc2c1c(C#N)cn2COCC[Si](C)(C)C. The van der Waals surface area contributed by atoms with E-state index in [4.69, 9.17) is 28.9 Å². The van der Waals surface area contributed by atoms with Crippen LogP contribution >= 0.6 is 35.3 Å². The maximum absolute atomic E-state index is 13.9. The highest BCUT2D eigenvalue weighted by Crippen LogP contribution is 2.38. The van der Waals surface area contributed by atoms with Crippen LogP contribution in [0.1, 0.15) is 33.4 Å². The molecule has 0 saturated carbocycles. The first-order valence-electron chi connectivity index (χ1n) is 32.4. The number of aldehydes is 1. The van der Waals surface area contributed by atoms with Gasteiger partial charge in [-0.15, -0.1) is 0 Å².